The summed E-state index contributed by atoms with van der Waals surface area (Å²) in [6.45, 7) is 5.40. The number of ether oxygens (including phenoxy) is 3. The summed E-state index contributed by atoms with van der Waals surface area (Å²) in [5, 5.41) is 21.3. The van der Waals surface area contributed by atoms with Crippen molar-refractivity contribution in [3.63, 3.8) is 0 Å². The summed E-state index contributed by atoms with van der Waals surface area (Å²) in [5.74, 6) is -0.792. The van der Waals surface area contributed by atoms with Crippen LogP contribution in [0.5, 0.6) is 0 Å². The fraction of sp³-hybridized carbons (Fsp3) is 0.600. The molecular formula is C15H19ClO5. The molecule has 2 fully saturated rings. The predicted octanol–water partition coefficient (Wildman–Crippen LogP) is 1.92. The maximum Gasteiger partial charge on any atom is 0.190 e. The van der Waals surface area contributed by atoms with Gasteiger partial charge in [0.2, 0.25) is 0 Å². The first-order valence-corrected chi connectivity index (χ1v) is 7.29. The molecule has 0 aliphatic carbocycles. The molecule has 6 heteroatoms. The Bertz CT molecular complexity index is 547. The zero-order valence-electron chi connectivity index (χ0n) is 12.1. The lowest BCUT2D eigenvalue weighted by Crippen LogP contribution is -2.37. The molecular weight excluding hydrogens is 296 g/mol. The number of halogens is 1. The Labute approximate surface area is 128 Å². The van der Waals surface area contributed by atoms with Crippen molar-refractivity contribution in [3.05, 3.63) is 34.3 Å². The average Bonchev–Trinajstić information content (AvgIpc) is 2.86. The highest BCUT2D eigenvalue weighted by Crippen LogP contribution is 2.41. The van der Waals surface area contributed by atoms with Crippen LogP contribution in [-0.2, 0) is 14.2 Å². The topological polar surface area (TPSA) is 68.2 Å². The first kappa shape index (κ1) is 15.2. The Hall–Kier alpha value is -0.690. The zero-order valence-corrected chi connectivity index (χ0v) is 12.9. The number of fused-ring (bicyclic) bond motifs is 1. The molecule has 3 rings (SSSR count). The molecule has 2 saturated heterocycles. The maximum absolute atomic E-state index is 10.4. The second kappa shape index (κ2) is 5.19. The molecule has 0 saturated carbocycles. The van der Waals surface area contributed by atoms with Crippen molar-refractivity contribution in [2.75, 3.05) is 0 Å². The third-order valence-corrected chi connectivity index (χ3v) is 4.31. The van der Waals surface area contributed by atoms with Gasteiger partial charge in [-0.05, 0) is 38.0 Å². The average molecular weight is 315 g/mol. The smallest absolute Gasteiger partial charge is 0.190 e. The van der Waals surface area contributed by atoms with Gasteiger partial charge in [0, 0.05) is 5.02 Å². The van der Waals surface area contributed by atoms with Crippen LogP contribution in [0.4, 0.5) is 0 Å². The molecule has 116 valence electrons. The molecule has 1 aromatic rings. The van der Waals surface area contributed by atoms with E-state index in [1.165, 1.54) is 0 Å². The summed E-state index contributed by atoms with van der Waals surface area (Å²) in [6.07, 6.45) is -4.04. The molecule has 0 spiro atoms. The summed E-state index contributed by atoms with van der Waals surface area (Å²) in [7, 11) is 0. The molecule has 21 heavy (non-hydrogen) atoms. The highest BCUT2D eigenvalue weighted by molar-refractivity contribution is 6.31. The quantitative estimate of drug-likeness (QED) is 0.873. The van der Waals surface area contributed by atoms with E-state index >= 15 is 0 Å². The normalized spacial score (nSPS) is 35.7. The number of rotatable bonds is 2. The lowest BCUT2D eigenvalue weighted by atomic mass is 9.98. The molecule has 1 aromatic carbocycles. The van der Waals surface area contributed by atoms with Gasteiger partial charge in [-0.25, -0.2) is 0 Å². The van der Waals surface area contributed by atoms with Gasteiger partial charge in [0.05, 0.1) is 0 Å². The minimum atomic E-state index is -1.00. The van der Waals surface area contributed by atoms with E-state index in [4.69, 9.17) is 25.8 Å². The number of aliphatic hydroxyl groups excluding tert-OH is 2. The van der Waals surface area contributed by atoms with Crippen LogP contribution in [0.2, 0.25) is 5.02 Å². The Morgan fingerprint density at radius 1 is 1.29 bits per heavy atom. The van der Waals surface area contributed by atoms with Gasteiger partial charge in [-0.1, -0.05) is 23.7 Å². The van der Waals surface area contributed by atoms with E-state index in [2.05, 4.69) is 0 Å². The lowest BCUT2D eigenvalue weighted by molar-refractivity contribution is -0.226. The predicted molar refractivity (Wildman–Crippen MR) is 75.9 cm³/mol. The molecule has 0 amide bonds. The van der Waals surface area contributed by atoms with Crippen molar-refractivity contribution in [1.29, 1.82) is 0 Å². The summed E-state index contributed by atoms with van der Waals surface area (Å²) in [5.41, 5.74) is 1.51. The first-order chi connectivity index (χ1) is 9.78. The third-order valence-electron chi connectivity index (χ3n) is 3.90. The van der Waals surface area contributed by atoms with Crippen LogP contribution in [0.25, 0.3) is 0 Å². The van der Waals surface area contributed by atoms with Crippen molar-refractivity contribution >= 4 is 11.6 Å². The maximum atomic E-state index is 10.4. The summed E-state index contributed by atoms with van der Waals surface area (Å²) in [6, 6.07) is 5.26. The van der Waals surface area contributed by atoms with Crippen LogP contribution < -0.4 is 0 Å². The monoisotopic (exact) mass is 314 g/mol. The number of aliphatic hydroxyl groups is 2. The minimum absolute atomic E-state index is 0.563. The molecule has 0 unspecified atom stereocenters. The summed E-state index contributed by atoms with van der Waals surface area (Å²) in [4.78, 5) is 0. The Kier molecular flexibility index (Phi) is 3.76. The zero-order chi connectivity index (χ0) is 15.4. The van der Waals surface area contributed by atoms with Gasteiger partial charge in [-0.15, -0.1) is 0 Å². The van der Waals surface area contributed by atoms with Crippen LogP contribution in [0.15, 0.2) is 18.2 Å². The molecule has 2 N–H and O–H groups in total. The van der Waals surface area contributed by atoms with Crippen LogP contribution in [0, 0.1) is 6.92 Å². The van der Waals surface area contributed by atoms with E-state index in [1.807, 2.05) is 13.0 Å². The van der Waals surface area contributed by atoms with Gasteiger partial charge in [-0.3, -0.25) is 0 Å². The van der Waals surface area contributed by atoms with Crippen molar-refractivity contribution in [3.8, 4) is 0 Å². The number of aryl methyl sites for hydroxylation is 1. The van der Waals surface area contributed by atoms with E-state index < -0.39 is 36.5 Å². The van der Waals surface area contributed by atoms with E-state index in [0.717, 1.165) is 5.56 Å². The molecule has 2 aliphatic rings. The third kappa shape index (κ3) is 2.70. The number of hydrogen-bond donors (Lipinski definition) is 2. The SMILES string of the molecule is Cc1ccc([C@H](O)[C@@H]2O[C@H]3OC(C)(C)O[C@H]3[C@@H]2O)cc1Cl. The highest BCUT2D eigenvalue weighted by Gasteiger charge is 2.56. The van der Waals surface area contributed by atoms with Gasteiger partial charge < -0.3 is 24.4 Å². The summed E-state index contributed by atoms with van der Waals surface area (Å²) < 4.78 is 16.8. The highest BCUT2D eigenvalue weighted by atomic mass is 35.5. The molecule has 2 aliphatic heterocycles. The molecule has 5 atom stereocenters. The van der Waals surface area contributed by atoms with E-state index in [0.29, 0.717) is 10.6 Å². The first-order valence-electron chi connectivity index (χ1n) is 6.92. The van der Waals surface area contributed by atoms with E-state index in [-0.39, 0.29) is 0 Å². The number of benzene rings is 1. The Morgan fingerprint density at radius 2 is 2.00 bits per heavy atom. The van der Waals surface area contributed by atoms with Crippen molar-refractivity contribution in [1.82, 2.24) is 0 Å². The Morgan fingerprint density at radius 3 is 2.62 bits per heavy atom. The fourth-order valence-corrected chi connectivity index (χ4v) is 2.95. The van der Waals surface area contributed by atoms with Crippen molar-refractivity contribution in [2.45, 2.75) is 57.3 Å². The minimum Gasteiger partial charge on any atom is -0.387 e. The molecule has 0 aromatic heterocycles. The number of hydrogen-bond acceptors (Lipinski definition) is 5. The van der Waals surface area contributed by atoms with E-state index in [9.17, 15) is 10.2 Å². The molecule has 2 heterocycles. The standard InChI is InChI=1S/C15H19ClO5/c1-7-4-5-8(6-9(7)16)10(17)12-11(18)13-14(19-12)21-15(2,3)20-13/h4-6,10-14,17-18H,1-3H3/t10-,11+,12-,13-,14-/m0/s1. The van der Waals surface area contributed by atoms with Gasteiger partial charge in [0.1, 0.15) is 24.4 Å². The van der Waals surface area contributed by atoms with Crippen LogP contribution in [-0.4, -0.2) is 40.6 Å². The van der Waals surface area contributed by atoms with Crippen molar-refractivity contribution in [2.24, 2.45) is 0 Å². The lowest BCUT2D eigenvalue weighted by Gasteiger charge is -2.26. The Balaban J connectivity index is 1.78. The second-order valence-corrected chi connectivity index (χ2v) is 6.42. The van der Waals surface area contributed by atoms with Crippen molar-refractivity contribution < 1.29 is 24.4 Å². The van der Waals surface area contributed by atoms with Gasteiger partial charge in [-0.2, -0.15) is 0 Å². The molecule has 0 bridgehead atoms. The second-order valence-electron chi connectivity index (χ2n) is 6.01. The van der Waals surface area contributed by atoms with Crippen LogP contribution in [0.3, 0.4) is 0 Å². The largest absolute Gasteiger partial charge is 0.387 e. The van der Waals surface area contributed by atoms with E-state index in [1.54, 1.807) is 26.0 Å². The molecule has 5 nitrogen and oxygen atoms in total. The van der Waals surface area contributed by atoms with Gasteiger partial charge >= 0.3 is 0 Å². The molecule has 0 radical (unpaired) electrons. The van der Waals surface area contributed by atoms with Gasteiger partial charge in [0.15, 0.2) is 12.1 Å². The summed E-state index contributed by atoms with van der Waals surface area (Å²) >= 11 is 6.07. The van der Waals surface area contributed by atoms with Crippen LogP contribution in [0.1, 0.15) is 31.1 Å². The van der Waals surface area contributed by atoms with Gasteiger partial charge in [0.25, 0.3) is 0 Å². The van der Waals surface area contributed by atoms with Crippen LogP contribution >= 0.6 is 11.6 Å². The fourth-order valence-electron chi connectivity index (χ4n) is 2.76.